The third kappa shape index (κ3) is 3.38. The Morgan fingerprint density at radius 1 is 1.05 bits per heavy atom. The fraction of sp³-hybridized carbons (Fsp3) is 0. The first-order chi connectivity index (χ1) is 9.53. The molecule has 1 heterocycles. The lowest BCUT2D eigenvalue weighted by Crippen LogP contribution is -1.79. The van der Waals surface area contributed by atoms with Crippen molar-refractivity contribution >= 4 is 71.2 Å². The molecule has 1 nitrogen and oxygen atoms in total. The van der Waals surface area contributed by atoms with Gasteiger partial charge in [0, 0.05) is 10.5 Å². The molecule has 3 aromatic rings. The Morgan fingerprint density at radius 3 is 2.50 bits per heavy atom. The second-order valence-electron chi connectivity index (χ2n) is 3.99. The van der Waals surface area contributed by atoms with Crippen molar-refractivity contribution in [3.8, 4) is 10.6 Å². The van der Waals surface area contributed by atoms with Gasteiger partial charge in [0.1, 0.15) is 5.01 Å². The molecule has 2 aromatic carbocycles. The molecule has 0 aliphatic rings. The maximum absolute atomic E-state index is 6.04. The zero-order chi connectivity index (χ0) is 14.2. The van der Waals surface area contributed by atoms with Crippen LogP contribution in [-0.4, -0.2) is 4.98 Å². The second kappa shape index (κ2) is 5.96. The average Bonchev–Trinajstić information content (AvgIpc) is 2.81. The van der Waals surface area contributed by atoms with Crippen LogP contribution in [0.4, 0.5) is 0 Å². The van der Waals surface area contributed by atoms with E-state index in [-0.39, 0.29) is 0 Å². The summed E-state index contributed by atoms with van der Waals surface area (Å²) in [6.45, 7) is 0. The number of hydrogen-bond acceptors (Lipinski definition) is 4. The molecule has 0 amide bonds. The first-order valence-corrected chi connectivity index (χ1v) is 12.5. The Bertz CT molecular complexity index is 779. The number of halogens is 2. The van der Waals surface area contributed by atoms with Gasteiger partial charge >= 0.3 is 0 Å². The summed E-state index contributed by atoms with van der Waals surface area (Å²) in [6, 6.07) is 16.0. The van der Waals surface area contributed by atoms with Crippen LogP contribution in [0.1, 0.15) is 0 Å². The second-order valence-corrected chi connectivity index (χ2v) is 17.0. The molecule has 0 aliphatic heterocycles. The number of aromatic nitrogens is 1. The summed E-state index contributed by atoms with van der Waals surface area (Å²) in [5, 5.41) is 0.964. The molecule has 0 saturated heterocycles. The Balaban J connectivity index is 2.11. The highest BCUT2D eigenvalue weighted by Crippen LogP contribution is 2.71. The standard InChI is InChI=1S/C13H8Cl2NPS3/c14-17(15,18)20-11-7-3-1-5-9(11)13-16-10-6-2-4-8-12(10)19-13/h1-8H. The molecule has 7 heteroatoms. The summed E-state index contributed by atoms with van der Waals surface area (Å²) < 4.78 is -1.23. The van der Waals surface area contributed by atoms with Crippen molar-refractivity contribution < 1.29 is 0 Å². The lowest BCUT2D eigenvalue weighted by atomic mass is 10.2. The van der Waals surface area contributed by atoms with Crippen molar-refractivity contribution in [2.75, 3.05) is 0 Å². The highest BCUT2D eigenvalue weighted by molar-refractivity contribution is 8.85. The van der Waals surface area contributed by atoms with Gasteiger partial charge in [-0.15, -0.1) is 11.3 Å². The normalized spacial score (nSPS) is 11.9. The molecule has 0 unspecified atom stereocenters. The van der Waals surface area contributed by atoms with Gasteiger partial charge in [-0.2, -0.15) is 0 Å². The van der Waals surface area contributed by atoms with E-state index in [9.17, 15) is 0 Å². The monoisotopic (exact) mass is 375 g/mol. The van der Waals surface area contributed by atoms with Gasteiger partial charge in [-0.25, -0.2) is 4.98 Å². The van der Waals surface area contributed by atoms with E-state index in [0.717, 1.165) is 21.0 Å². The van der Waals surface area contributed by atoms with Crippen molar-refractivity contribution in [2.24, 2.45) is 0 Å². The van der Waals surface area contributed by atoms with Gasteiger partial charge in [-0.05, 0) is 18.2 Å². The van der Waals surface area contributed by atoms with Crippen LogP contribution >= 0.6 is 49.1 Å². The SMILES string of the molecule is S=P(Cl)(Cl)Sc1ccccc1-c1nc2ccccc2s1. The summed E-state index contributed by atoms with van der Waals surface area (Å²) >= 11 is 20.2. The molecule has 1 aromatic heterocycles. The van der Waals surface area contributed by atoms with E-state index in [0.29, 0.717) is 0 Å². The van der Waals surface area contributed by atoms with E-state index in [4.69, 9.17) is 34.3 Å². The van der Waals surface area contributed by atoms with Crippen LogP contribution in [0.25, 0.3) is 20.8 Å². The van der Waals surface area contributed by atoms with Crippen LogP contribution < -0.4 is 0 Å². The summed E-state index contributed by atoms with van der Waals surface area (Å²) in [5.41, 5.74) is 2.04. The maximum Gasteiger partial charge on any atom is 0.175 e. The number of benzene rings is 2. The minimum absolute atomic E-state index is 0.964. The molecule has 20 heavy (non-hydrogen) atoms. The van der Waals surface area contributed by atoms with Gasteiger partial charge in [0.2, 0.25) is 0 Å². The molecule has 0 atom stereocenters. The summed E-state index contributed by atoms with van der Waals surface area (Å²) in [4.78, 5) is 5.66. The highest BCUT2D eigenvalue weighted by Gasteiger charge is 2.16. The minimum atomic E-state index is -2.40. The number of para-hydroxylation sites is 1. The van der Waals surface area contributed by atoms with Crippen molar-refractivity contribution in [3.05, 3.63) is 48.5 Å². The quantitative estimate of drug-likeness (QED) is 0.469. The summed E-state index contributed by atoms with van der Waals surface area (Å²) in [6.07, 6.45) is 0. The molecule has 0 fully saturated rings. The Morgan fingerprint density at radius 2 is 1.75 bits per heavy atom. The van der Waals surface area contributed by atoms with Crippen LogP contribution in [-0.2, 0) is 11.8 Å². The van der Waals surface area contributed by atoms with Crippen molar-refractivity contribution in [3.63, 3.8) is 0 Å². The van der Waals surface area contributed by atoms with Crippen molar-refractivity contribution in [2.45, 2.75) is 4.90 Å². The molecule has 0 radical (unpaired) electrons. The smallest absolute Gasteiger partial charge is 0.175 e. The molecule has 0 aliphatic carbocycles. The molecule has 102 valence electrons. The van der Waals surface area contributed by atoms with Crippen LogP contribution in [0.15, 0.2) is 53.4 Å². The predicted molar refractivity (Wildman–Crippen MR) is 96.9 cm³/mol. The van der Waals surface area contributed by atoms with Gasteiger partial charge in [-0.3, -0.25) is 0 Å². The van der Waals surface area contributed by atoms with E-state index in [1.165, 1.54) is 16.1 Å². The van der Waals surface area contributed by atoms with Crippen molar-refractivity contribution in [1.82, 2.24) is 4.98 Å². The van der Waals surface area contributed by atoms with E-state index in [1.54, 1.807) is 11.3 Å². The molecular formula is C13H8Cl2NPS3. The Kier molecular flexibility index (Phi) is 4.42. The number of rotatable bonds is 3. The summed E-state index contributed by atoms with van der Waals surface area (Å²) in [5.74, 6) is 0. The van der Waals surface area contributed by atoms with E-state index < -0.39 is 3.95 Å². The molecular weight excluding hydrogens is 368 g/mol. The predicted octanol–water partition coefficient (Wildman–Crippen LogP) is 6.76. The molecule has 0 saturated carbocycles. The van der Waals surface area contributed by atoms with E-state index >= 15 is 0 Å². The molecule has 0 spiro atoms. The Labute approximate surface area is 139 Å². The van der Waals surface area contributed by atoms with Gasteiger partial charge in [-0.1, -0.05) is 76.0 Å². The summed E-state index contributed by atoms with van der Waals surface area (Å²) in [7, 11) is 0. The average molecular weight is 376 g/mol. The number of thiazole rings is 1. The van der Waals surface area contributed by atoms with Crippen LogP contribution in [0, 0.1) is 0 Å². The van der Waals surface area contributed by atoms with E-state index in [2.05, 4.69) is 11.1 Å². The zero-order valence-electron chi connectivity index (χ0n) is 9.99. The van der Waals surface area contributed by atoms with E-state index in [1.807, 2.05) is 42.5 Å². The van der Waals surface area contributed by atoms with Crippen molar-refractivity contribution in [1.29, 1.82) is 0 Å². The highest BCUT2D eigenvalue weighted by atomic mass is 35.9. The van der Waals surface area contributed by atoms with Crippen LogP contribution in [0.2, 0.25) is 0 Å². The minimum Gasteiger partial charge on any atom is -0.236 e. The molecule has 0 bridgehead atoms. The fourth-order valence-electron chi connectivity index (χ4n) is 1.82. The van der Waals surface area contributed by atoms with Gasteiger partial charge in [0.05, 0.1) is 10.2 Å². The lowest BCUT2D eigenvalue weighted by molar-refractivity contribution is 1.40. The Hall–Kier alpha value is -0.0900. The third-order valence-electron chi connectivity index (χ3n) is 2.62. The third-order valence-corrected chi connectivity index (χ3v) is 7.59. The maximum atomic E-state index is 6.04. The first-order valence-electron chi connectivity index (χ1n) is 5.67. The number of nitrogens with zero attached hydrogens (tertiary/aromatic N) is 1. The topological polar surface area (TPSA) is 12.9 Å². The van der Waals surface area contributed by atoms with Crippen LogP contribution in [0.5, 0.6) is 0 Å². The number of hydrogen-bond donors (Lipinski definition) is 0. The fourth-order valence-corrected chi connectivity index (χ4v) is 6.75. The molecule has 3 rings (SSSR count). The van der Waals surface area contributed by atoms with Gasteiger partial charge in [0.15, 0.2) is 3.95 Å². The van der Waals surface area contributed by atoms with Gasteiger partial charge in [0.25, 0.3) is 0 Å². The van der Waals surface area contributed by atoms with Gasteiger partial charge < -0.3 is 0 Å². The van der Waals surface area contributed by atoms with Crippen LogP contribution in [0.3, 0.4) is 0 Å². The largest absolute Gasteiger partial charge is 0.236 e. The number of fused-ring (bicyclic) bond motifs is 1. The lowest BCUT2D eigenvalue weighted by Gasteiger charge is -2.08. The zero-order valence-corrected chi connectivity index (χ0v) is 14.8. The first kappa shape index (κ1) is 14.8. The molecule has 0 N–H and O–H groups in total.